The molecule has 2 aromatic rings. The molecule has 7 nitrogen and oxygen atoms in total. The summed E-state index contributed by atoms with van der Waals surface area (Å²) in [7, 11) is -3.50. The number of carbonyl (C=O) groups excluding carboxylic acids is 1. The number of rotatable bonds is 5. The van der Waals surface area contributed by atoms with Gasteiger partial charge in [0.2, 0.25) is 15.9 Å². The molecule has 27 heavy (non-hydrogen) atoms. The minimum Gasteiger partial charge on any atom is -0.379 e. The average molecular weight is 412 g/mol. The van der Waals surface area contributed by atoms with Gasteiger partial charge in [-0.05, 0) is 12.1 Å². The Balaban J connectivity index is 0.00000126. The maximum absolute atomic E-state index is 12.6. The van der Waals surface area contributed by atoms with Crippen LogP contribution in [0.2, 0.25) is 0 Å². The Morgan fingerprint density at radius 2 is 1.85 bits per heavy atom. The Morgan fingerprint density at radius 3 is 2.44 bits per heavy atom. The molecule has 1 aliphatic rings. The molecule has 1 aromatic heterocycles. The summed E-state index contributed by atoms with van der Waals surface area (Å²) in [4.78, 5) is 16.0. The van der Waals surface area contributed by atoms with Gasteiger partial charge in [-0.1, -0.05) is 32.9 Å². The van der Waals surface area contributed by atoms with E-state index >= 15 is 0 Å². The number of nitrogens with zero attached hydrogens (tertiary/aromatic N) is 2. The summed E-state index contributed by atoms with van der Waals surface area (Å²) in [6.45, 7) is 7.36. The highest BCUT2D eigenvalue weighted by Crippen LogP contribution is 2.27. The number of morpholine rings is 1. The van der Waals surface area contributed by atoms with E-state index in [1.807, 2.05) is 19.2 Å². The van der Waals surface area contributed by atoms with E-state index in [-0.39, 0.29) is 10.8 Å². The molecule has 1 aromatic carbocycles. The van der Waals surface area contributed by atoms with Gasteiger partial charge in [-0.15, -0.1) is 11.3 Å². The van der Waals surface area contributed by atoms with E-state index < -0.39 is 10.0 Å². The molecule has 148 valence electrons. The van der Waals surface area contributed by atoms with Crippen LogP contribution in [-0.2, 0) is 19.6 Å². The number of benzene rings is 1. The van der Waals surface area contributed by atoms with Gasteiger partial charge < -0.3 is 10.1 Å². The highest BCUT2D eigenvalue weighted by Gasteiger charge is 2.26. The van der Waals surface area contributed by atoms with Gasteiger partial charge in [-0.25, -0.2) is 13.4 Å². The molecule has 9 heteroatoms. The quantitative estimate of drug-likeness (QED) is 0.816. The normalized spacial score (nSPS) is 14.9. The lowest BCUT2D eigenvalue weighted by atomic mass is 10.2. The highest BCUT2D eigenvalue weighted by atomic mass is 32.2. The fourth-order valence-corrected chi connectivity index (χ4v) is 4.55. The molecular formula is C18H25N3O4S2. The van der Waals surface area contributed by atoms with Crippen LogP contribution in [-0.4, -0.2) is 49.9 Å². The molecule has 0 bridgehead atoms. The van der Waals surface area contributed by atoms with E-state index in [1.165, 1.54) is 15.6 Å². The molecular weight excluding hydrogens is 386 g/mol. The van der Waals surface area contributed by atoms with Crippen LogP contribution in [0, 0.1) is 0 Å². The Bertz CT molecular complexity index is 842. The van der Waals surface area contributed by atoms with E-state index in [9.17, 15) is 13.2 Å². The summed E-state index contributed by atoms with van der Waals surface area (Å²) in [5.41, 5.74) is 1.50. The van der Waals surface area contributed by atoms with Crippen LogP contribution < -0.4 is 5.32 Å². The molecule has 0 spiro atoms. The number of amides is 1. The molecule has 1 aliphatic heterocycles. The van der Waals surface area contributed by atoms with Gasteiger partial charge in [0.1, 0.15) is 0 Å². The van der Waals surface area contributed by atoms with Crippen molar-refractivity contribution in [2.45, 2.75) is 32.1 Å². The lowest BCUT2D eigenvalue weighted by Crippen LogP contribution is -2.40. The number of aromatic nitrogens is 1. The van der Waals surface area contributed by atoms with Gasteiger partial charge in [0.15, 0.2) is 5.13 Å². The van der Waals surface area contributed by atoms with Gasteiger partial charge in [0.05, 0.1) is 23.8 Å². The molecule has 2 heterocycles. The third kappa shape index (κ3) is 5.35. The number of carbonyl (C=O) groups is 1. The van der Waals surface area contributed by atoms with Crippen LogP contribution in [0.25, 0.3) is 11.3 Å². The van der Waals surface area contributed by atoms with E-state index in [0.29, 0.717) is 43.5 Å². The number of ether oxygens (including phenoxy) is 1. The Hall–Kier alpha value is -1.81. The first kappa shape index (κ1) is 21.5. The molecule has 0 aliphatic carbocycles. The Kier molecular flexibility index (Phi) is 7.91. The summed E-state index contributed by atoms with van der Waals surface area (Å²) < 4.78 is 31.8. The van der Waals surface area contributed by atoms with Crippen LogP contribution in [0.4, 0.5) is 5.13 Å². The topological polar surface area (TPSA) is 88.6 Å². The zero-order valence-electron chi connectivity index (χ0n) is 15.8. The van der Waals surface area contributed by atoms with Gasteiger partial charge in [-0.2, -0.15) is 4.31 Å². The van der Waals surface area contributed by atoms with Crippen molar-refractivity contribution >= 4 is 32.4 Å². The van der Waals surface area contributed by atoms with Crippen molar-refractivity contribution in [3.05, 3.63) is 29.6 Å². The number of nitrogens with one attached hydrogen (secondary N) is 1. The van der Waals surface area contributed by atoms with Gasteiger partial charge in [-0.3, -0.25) is 4.79 Å². The summed E-state index contributed by atoms with van der Waals surface area (Å²) in [6, 6.07) is 6.63. The predicted octanol–water partition coefficient (Wildman–Crippen LogP) is 3.21. The zero-order chi connectivity index (χ0) is 19.9. The smallest absolute Gasteiger partial charge is 0.243 e. The lowest BCUT2D eigenvalue weighted by molar-refractivity contribution is -0.115. The summed E-state index contributed by atoms with van der Waals surface area (Å²) >= 11 is 1.34. The van der Waals surface area contributed by atoms with Crippen molar-refractivity contribution in [3.8, 4) is 11.3 Å². The van der Waals surface area contributed by atoms with Crippen LogP contribution in [0.15, 0.2) is 34.5 Å². The third-order valence-corrected chi connectivity index (χ3v) is 6.50. The highest BCUT2D eigenvalue weighted by molar-refractivity contribution is 7.89. The molecule has 1 amide bonds. The summed E-state index contributed by atoms with van der Waals surface area (Å²) in [5.74, 6) is -0.0900. The van der Waals surface area contributed by atoms with E-state index in [0.717, 1.165) is 5.56 Å². The average Bonchev–Trinajstić information content (AvgIpc) is 3.18. The van der Waals surface area contributed by atoms with Crippen LogP contribution in [0.3, 0.4) is 0 Å². The van der Waals surface area contributed by atoms with E-state index in [1.54, 1.807) is 31.2 Å². The lowest BCUT2D eigenvalue weighted by Gasteiger charge is -2.26. The summed E-state index contributed by atoms with van der Waals surface area (Å²) in [5, 5.41) is 5.08. The van der Waals surface area contributed by atoms with Crippen molar-refractivity contribution in [2.24, 2.45) is 0 Å². The maximum Gasteiger partial charge on any atom is 0.243 e. The number of hydrogen-bond acceptors (Lipinski definition) is 6. The zero-order valence-corrected chi connectivity index (χ0v) is 17.4. The van der Waals surface area contributed by atoms with Crippen LogP contribution in [0.5, 0.6) is 0 Å². The SMILES string of the molecule is CC.CCC(=O)Nc1nc(-c2ccc(S(=O)(=O)N3CCOCC3)cc2)cs1. The second-order valence-corrected chi connectivity index (χ2v) is 8.28. The molecule has 0 saturated carbocycles. The predicted molar refractivity (Wildman–Crippen MR) is 107 cm³/mol. The van der Waals surface area contributed by atoms with Crippen molar-refractivity contribution in [1.82, 2.24) is 9.29 Å². The van der Waals surface area contributed by atoms with Gasteiger partial charge in [0.25, 0.3) is 0 Å². The number of anilines is 1. The van der Waals surface area contributed by atoms with E-state index in [2.05, 4.69) is 10.3 Å². The molecule has 0 atom stereocenters. The first-order valence-electron chi connectivity index (χ1n) is 8.94. The molecule has 3 rings (SSSR count). The second-order valence-electron chi connectivity index (χ2n) is 5.48. The standard InChI is InChI=1S/C16H19N3O4S2.C2H6/c1-2-15(20)18-16-17-14(11-24-16)12-3-5-13(6-4-12)25(21,22)19-7-9-23-10-8-19;1-2/h3-6,11H,2,7-10H2,1H3,(H,17,18,20);1-2H3. The molecule has 0 radical (unpaired) electrons. The van der Waals surface area contributed by atoms with Crippen molar-refractivity contribution in [2.75, 3.05) is 31.6 Å². The number of thiazole rings is 1. The van der Waals surface area contributed by atoms with Crippen LogP contribution in [0.1, 0.15) is 27.2 Å². The van der Waals surface area contributed by atoms with Crippen molar-refractivity contribution in [1.29, 1.82) is 0 Å². The number of hydrogen-bond donors (Lipinski definition) is 1. The van der Waals surface area contributed by atoms with Gasteiger partial charge in [0, 0.05) is 30.5 Å². The summed E-state index contributed by atoms with van der Waals surface area (Å²) in [6.07, 6.45) is 0.392. The van der Waals surface area contributed by atoms with Gasteiger partial charge >= 0.3 is 0 Å². The van der Waals surface area contributed by atoms with E-state index in [4.69, 9.17) is 4.74 Å². The first-order valence-corrected chi connectivity index (χ1v) is 11.3. The largest absolute Gasteiger partial charge is 0.379 e. The minimum atomic E-state index is -3.50. The molecule has 1 N–H and O–H groups in total. The monoisotopic (exact) mass is 411 g/mol. The second kappa shape index (κ2) is 9.93. The number of sulfonamides is 1. The fourth-order valence-electron chi connectivity index (χ4n) is 2.41. The Morgan fingerprint density at radius 1 is 1.22 bits per heavy atom. The van der Waals surface area contributed by atoms with Crippen LogP contribution >= 0.6 is 11.3 Å². The minimum absolute atomic E-state index is 0.0900. The molecule has 0 unspecified atom stereocenters. The maximum atomic E-state index is 12.6. The molecule has 1 fully saturated rings. The van der Waals surface area contributed by atoms with Crippen molar-refractivity contribution < 1.29 is 17.9 Å². The Labute approximate surface area is 164 Å². The third-order valence-electron chi connectivity index (χ3n) is 3.83. The molecule has 1 saturated heterocycles. The van der Waals surface area contributed by atoms with Crippen molar-refractivity contribution in [3.63, 3.8) is 0 Å². The fraction of sp³-hybridized carbons (Fsp3) is 0.444. The first-order chi connectivity index (χ1) is 13.0.